The maximum Gasteiger partial charge on any atom is 0.330 e. The summed E-state index contributed by atoms with van der Waals surface area (Å²) in [4.78, 5) is 24.0. The molecule has 0 atom stereocenters. The normalized spacial score (nSPS) is 15.8. The molecule has 2 heterocycles. The van der Waals surface area contributed by atoms with Gasteiger partial charge in [0.15, 0.2) is 11.4 Å². The Labute approximate surface area is 142 Å². The van der Waals surface area contributed by atoms with Gasteiger partial charge >= 0.3 is 5.69 Å². The predicted molar refractivity (Wildman–Crippen MR) is 89.4 cm³/mol. The molecule has 1 N–H and O–H groups in total. The van der Waals surface area contributed by atoms with Crippen LogP contribution in [0.1, 0.15) is 11.3 Å². The van der Waals surface area contributed by atoms with Gasteiger partial charge in [0, 0.05) is 19.7 Å². The highest BCUT2D eigenvalue weighted by Crippen LogP contribution is 2.38. The Hall–Kier alpha value is -3.01. The van der Waals surface area contributed by atoms with Crippen molar-refractivity contribution >= 4 is 21.3 Å². The molecule has 0 bridgehead atoms. The van der Waals surface area contributed by atoms with Crippen LogP contribution in [-0.4, -0.2) is 22.7 Å². The molecule has 0 amide bonds. The molecule has 0 unspecified atom stereocenters. The smallest absolute Gasteiger partial charge is 0.330 e. The minimum Gasteiger partial charge on any atom is -0.504 e. The van der Waals surface area contributed by atoms with Crippen molar-refractivity contribution < 1.29 is 13.5 Å². The summed E-state index contributed by atoms with van der Waals surface area (Å²) >= 11 is 0. The number of aliphatic hydroxyl groups is 1. The molecule has 0 saturated heterocycles. The average molecular weight is 362 g/mol. The van der Waals surface area contributed by atoms with E-state index in [-0.39, 0.29) is 21.8 Å². The second-order valence-electron chi connectivity index (χ2n) is 5.49. The Morgan fingerprint density at radius 2 is 1.68 bits per heavy atom. The lowest BCUT2D eigenvalue weighted by molar-refractivity contribution is 0.508. The van der Waals surface area contributed by atoms with Crippen molar-refractivity contribution in [3.05, 3.63) is 61.4 Å². The van der Waals surface area contributed by atoms with E-state index in [9.17, 15) is 23.1 Å². The molecular formula is C15H14N4O5S. The molecule has 9 nitrogen and oxygen atoms in total. The van der Waals surface area contributed by atoms with E-state index in [0.717, 1.165) is 4.57 Å². The van der Waals surface area contributed by atoms with Crippen LogP contribution in [0.25, 0.3) is 5.76 Å². The Bertz CT molecular complexity index is 1190. The van der Waals surface area contributed by atoms with Gasteiger partial charge < -0.3 is 5.11 Å². The number of sulfone groups is 1. The van der Waals surface area contributed by atoms with Crippen LogP contribution in [0, 0.1) is 6.92 Å². The molecular weight excluding hydrogens is 348 g/mol. The first-order chi connectivity index (χ1) is 11.7. The van der Waals surface area contributed by atoms with E-state index in [1.165, 1.54) is 43.8 Å². The molecule has 130 valence electrons. The van der Waals surface area contributed by atoms with E-state index in [2.05, 4.69) is 10.2 Å². The van der Waals surface area contributed by atoms with Crippen molar-refractivity contribution in [1.29, 1.82) is 0 Å². The van der Waals surface area contributed by atoms with Crippen molar-refractivity contribution in [2.24, 2.45) is 24.3 Å². The first-order valence-corrected chi connectivity index (χ1v) is 8.62. The first kappa shape index (κ1) is 16.8. The molecule has 3 rings (SSSR count). The van der Waals surface area contributed by atoms with Gasteiger partial charge in [0.2, 0.25) is 14.9 Å². The van der Waals surface area contributed by atoms with E-state index in [1.54, 1.807) is 6.07 Å². The number of rotatable bonds is 2. The van der Waals surface area contributed by atoms with Crippen molar-refractivity contribution in [2.45, 2.75) is 11.8 Å². The van der Waals surface area contributed by atoms with Crippen LogP contribution in [-0.2, 0) is 23.9 Å². The summed E-state index contributed by atoms with van der Waals surface area (Å²) in [7, 11) is -1.29. The largest absolute Gasteiger partial charge is 0.504 e. The van der Waals surface area contributed by atoms with Crippen molar-refractivity contribution in [3.63, 3.8) is 0 Å². The van der Waals surface area contributed by atoms with Crippen LogP contribution in [0.3, 0.4) is 0 Å². The number of fused-ring (bicyclic) bond motifs is 1. The molecule has 1 aliphatic rings. The zero-order chi connectivity index (χ0) is 18.5. The fraction of sp³-hybridized carbons (Fsp3) is 0.200. The summed E-state index contributed by atoms with van der Waals surface area (Å²) in [6.07, 6.45) is 0. The van der Waals surface area contributed by atoms with Crippen LogP contribution < -0.4 is 11.2 Å². The van der Waals surface area contributed by atoms with Gasteiger partial charge in [0.05, 0.1) is 10.6 Å². The minimum atomic E-state index is -4.03. The number of hydrogen-bond donors (Lipinski definition) is 1. The van der Waals surface area contributed by atoms with E-state index in [0.29, 0.717) is 0 Å². The first-order valence-electron chi connectivity index (χ1n) is 7.14. The molecule has 0 aliphatic carbocycles. The fourth-order valence-corrected chi connectivity index (χ4v) is 3.92. The predicted octanol–water partition coefficient (Wildman–Crippen LogP) is 1.15. The van der Waals surface area contributed by atoms with Crippen LogP contribution in [0.15, 0.2) is 54.0 Å². The number of nitrogens with zero attached hydrogens (tertiary/aromatic N) is 4. The van der Waals surface area contributed by atoms with Gasteiger partial charge in [-0.1, -0.05) is 12.1 Å². The van der Waals surface area contributed by atoms with Crippen molar-refractivity contribution in [1.82, 2.24) is 9.13 Å². The molecule has 25 heavy (non-hydrogen) atoms. The van der Waals surface area contributed by atoms with Gasteiger partial charge in [-0.25, -0.2) is 13.2 Å². The van der Waals surface area contributed by atoms with E-state index in [1.807, 2.05) is 0 Å². The summed E-state index contributed by atoms with van der Waals surface area (Å²) in [5.41, 5.74) is -1.08. The summed E-state index contributed by atoms with van der Waals surface area (Å²) < 4.78 is 27.0. The Morgan fingerprint density at radius 1 is 1.04 bits per heavy atom. The molecule has 0 radical (unpaired) electrons. The third kappa shape index (κ3) is 2.33. The number of azo groups is 1. The third-order valence-corrected chi connectivity index (χ3v) is 5.78. The minimum absolute atomic E-state index is 0.0773. The maximum absolute atomic E-state index is 12.5. The molecule has 2 aromatic rings. The SMILES string of the molecule is Cc1c(N=NC2=C(O)c3ccccc3S2(=O)=O)c(=O)n(C)c(=O)n1C. The highest BCUT2D eigenvalue weighted by atomic mass is 32.2. The number of hydrogen-bond acceptors (Lipinski definition) is 7. The van der Waals surface area contributed by atoms with Crippen LogP contribution >= 0.6 is 0 Å². The summed E-state index contributed by atoms with van der Waals surface area (Å²) in [6.45, 7) is 1.49. The van der Waals surface area contributed by atoms with Gasteiger partial charge in [-0.15, -0.1) is 10.2 Å². The molecule has 0 fully saturated rings. The van der Waals surface area contributed by atoms with E-state index in [4.69, 9.17) is 0 Å². The van der Waals surface area contributed by atoms with Crippen LogP contribution in [0.5, 0.6) is 0 Å². The topological polar surface area (TPSA) is 123 Å². The van der Waals surface area contributed by atoms with Gasteiger partial charge in [0.1, 0.15) is 0 Å². The second-order valence-corrected chi connectivity index (χ2v) is 7.33. The van der Waals surface area contributed by atoms with Crippen LogP contribution in [0.4, 0.5) is 5.69 Å². The summed E-state index contributed by atoms with van der Waals surface area (Å²) in [5.74, 6) is -0.529. The highest BCUT2D eigenvalue weighted by molar-refractivity contribution is 7.95. The zero-order valence-electron chi connectivity index (χ0n) is 13.6. The Kier molecular flexibility index (Phi) is 3.72. The quantitative estimate of drug-likeness (QED) is 0.803. The highest BCUT2D eigenvalue weighted by Gasteiger charge is 2.36. The average Bonchev–Trinajstić information content (AvgIpc) is 2.79. The lowest BCUT2D eigenvalue weighted by atomic mass is 10.2. The maximum atomic E-state index is 12.5. The van der Waals surface area contributed by atoms with Gasteiger partial charge in [-0.2, -0.15) is 0 Å². The molecule has 0 spiro atoms. The number of aromatic nitrogens is 2. The molecule has 10 heteroatoms. The van der Waals surface area contributed by atoms with Gasteiger partial charge in [-0.3, -0.25) is 13.9 Å². The molecule has 1 aromatic carbocycles. The lowest BCUT2D eigenvalue weighted by Crippen LogP contribution is -2.37. The van der Waals surface area contributed by atoms with E-state index >= 15 is 0 Å². The number of benzene rings is 1. The summed E-state index contributed by atoms with van der Waals surface area (Å²) in [5, 5.41) is 16.8. The lowest BCUT2D eigenvalue weighted by Gasteiger charge is -2.07. The molecule has 0 saturated carbocycles. The van der Waals surface area contributed by atoms with Crippen molar-refractivity contribution in [3.8, 4) is 0 Å². The van der Waals surface area contributed by atoms with Gasteiger partial charge in [0.25, 0.3) is 5.56 Å². The fourth-order valence-electron chi connectivity index (χ4n) is 2.48. The van der Waals surface area contributed by atoms with Gasteiger partial charge in [-0.05, 0) is 19.1 Å². The Morgan fingerprint density at radius 3 is 2.32 bits per heavy atom. The standard InChI is InChI=1S/C15H14N4O5S/c1-8-11(14(21)19(3)15(22)18(8)2)16-17-13-12(20)9-6-4-5-7-10(9)25(13,23)24/h4-7,20H,1-3H3. The van der Waals surface area contributed by atoms with Crippen molar-refractivity contribution in [2.75, 3.05) is 0 Å². The summed E-state index contributed by atoms with van der Waals surface area (Å²) in [6, 6.07) is 5.90. The number of aliphatic hydroxyl groups excluding tert-OH is 1. The van der Waals surface area contributed by atoms with Crippen LogP contribution in [0.2, 0.25) is 0 Å². The molecule has 1 aromatic heterocycles. The third-order valence-electron chi connectivity index (χ3n) is 4.06. The van der Waals surface area contributed by atoms with E-state index < -0.39 is 31.9 Å². The zero-order valence-corrected chi connectivity index (χ0v) is 14.4. The Balaban J connectivity index is 2.19. The second kappa shape index (κ2) is 5.52. The monoisotopic (exact) mass is 362 g/mol. The molecule has 1 aliphatic heterocycles.